The molecule has 0 aliphatic heterocycles. The average molecular weight is 483 g/mol. The molecule has 0 radical (unpaired) electrons. The van der Waals surface area contributed by atoms with Crippen LogP contribution >= 0.6 is 0 Å². The van der Waals surface area contributed by atoms with Gasteiger partial charge in [0.25, 0.3) is 10.0 Å². The van der Waals surface area contributed by atoms with Crippen molar-refractivity contribution in [1.29, 1.82) is 0 Å². The maximum atomic E-state index is 12.9. The van der Waals surface area contributed by atoms with Crippen molar-refractivity contribution in [1.82, 2.24) is 4.57 Å². The molecule has 0 amide bonds. The predicted octanol–water partition coefficient (Wildman–Crippen LogP) is 5.86. The number of anilines is 1. The first-order valence-electron chi connectivity index (χ1n) is 11.0. The van der Waals surface area contributed by atoms with Gasteiger partial charge in [0.1, 0.15) is 0 Å². The number of aromatic nitrogens is 1. The van der Waals surface area contributed by atoms with Crippen LogP contribution in [-0.4, -0.2) is 24.1 Å². The van der Waals surface area contributed by atoms with Crippen LogP contribution in [0.25, 0.3) is 22.0 Å². The van der Waals surface area contributed by atoms with Crippen molar-refractivity contribution in [3.05, 3.63) is 120 Å². The summed E-state index contributed by atoms with van der Waals surface area (Å²) in [6.45, 7) is 0.528. The lowest BCUT2D eigenvalue weighted by Gasteiger charge is -2.11. The molecular formula is C28H22N2O4S. The van der Waals surface area contributed by atoms with Gasteiger partial charge >= 0.3 is 5.97 Å². The van der Waals surface area contributed by atoms with Crippen molar-refractivity contribution in [2.75, 3.05) is 4.72 Å². The first kappa shape index (κ1) is 22.4. The second kappa shape index (κ2) is 9.12. The average Bonchev–Trinajstić information content (AvgIpc) is 3.27. The van der Waals surface area contributed by atoms with Crippen LogP contribution in [0, 0.1) is 0 Å². The topological polar surface area (TPSA) is 88.4 Å². The highest BCUT2D eigenvalue weighted by molar-refractivity contribution is 7.92. The van der Waals surface area contributed by atoms with Gasteiger partial charge in [-0.2, -0.15) is 0 Å². The summed E-state index contributed by atoms with van der Waals surface area (Å²) in [6, 6.07) is 30.7. The largest absolute Gasteiger partial charge is 0.478 e. The van der Waals surface area contributed by atoms with E-state index in [1.54, 1.807) is 54.6 Å². The molecule has 35 heavy (non-hydrogen) atoms. The number of hydrogen-bond donors (Lipinski definition) is 2. The zero-order chi connectivity index (χ0) is 24.4. The Kier molecular flexibility index (Phi) is 5.84. The van der Waals surface area contributed by atoms with Crippen molar-refractivity contribution in [2.45, 2.75) is 11.4 Å². The predicted molar refractivity (Wildman–Crippen MR) is 137 cm³/mol. The SMILES string of the molecule is O=C(O)c1ccc2ccn(Cc3ccc(NS(=O)(=O)c4ccc(-c5ccccc5)cc4)cc3)c2c1. The number of sulfonamides is 1. The number of nitrogens with zero attached hydrogens (tertiary/aromatic N) is 1. The third-order valence-electron chi connectivity index (χ3n) is 5.85. The van der Waals surface area contributed by atoms with Gasteiger partial charge in [-0.3, -0.25) is 4.72 Å². The van der Waals surface area contributed by atoms with Gasteiger partial charge in [0, 0.05) is 23.9 Å². The molecule has 0 saturated heterocycles. The van der Waals surface area contributed by atoms with Crippen molar-refractivity contribution >= 4 is 32.6 Å². The maximum absolute atomic E-state index is 12.9. The van der Waals surface area contributed by atoms with Gasteiger partial charge in [-0.05, 0) is 64.5 Å². The summed E-state index contributed by atoms with van der Waals surface area (Å²) in [5.74, 6) is -0.967. The van der Waals surface area contributed by atoms with Gasteiger partial charge in [0.15, 0.2) is 0 Å². The summed E-state index contributed by atoms with van der Waals surface area (Å²) in [6.07, 6.45) is 1.91. The van der Waals surface area contributed by atoms with Crippen LogP contribution in [-0.2, 0) is 16.6 Å². The third kappa shape index (κ3) is 4.81. The number of nitrogens with one attached hydrogen (secondary N) is 1. The minimum atomic E-state index is -3.73. The van der Waals surface area contributed by atoms with Crippen LogP contribution in [0.15, 0.2) is 114 Å². The summed E-state index contributed by atoms with van der Waals surface area (Å²) in [5.41, 5.74) is 4.45. The van der Waals surface area contributed by atoms with Crippen LogP contribution < -0.4 is 4.72 Å². The molecule has 0 fully saturated rings. The number of benzene rings is 4. The van der Waals surface area contributed by atoms with E-state index in [4.69, 9.17) is 0 Å². The minimum absolute atomic E-state index is 0.189. The number of rotatable bonds is 7. The van der Waals surface area contributed by atoms with Gasteiger partial charge in [-0.1, -0.05) is 60.7 Å². The van der Waals surface area contributed by atoms with Crippen LogP contribution in [0.5, 0.6) is 0 Å². The molecule has 7 heteroatoms. The monoisotopic (exact) mass is 482 g/mol. The molecule has 0 saturated carbocycles. The Morgan fingerprint density at radius 1 is 0.800 bits per heavy atom. The third-order valence-corrected chi connectivity index (χ3v) is 7.25. The van der Waals surface area contributed by atoms with E-state index in [2.05, 4.69) is 4.72 Å². The van der Waals surface area contributed by atoms with E-state index in [0.29, 0.717) is 12.2 Å². The Morgan fingerprint density at radius 3 is 2.17 bits per heavy atom. The molecule has 1 aromatic heterocycles. The normalized spacial score (nSPS) is 11.4. The first-order valence-corrected chi connectivity index (χ1v) is 12.5. The molecule has 0 aliphatic rings. The van der Waals surface area contributed by atoms with E-state index in [1.165, 1.54) is 0 Å². The highest BCUT2D eigenvalue weighted by Crippen LogP contribution is 2.24. The Labute approximate surface area is 203 Å². The van der Waals surface area contributed by atoms with Gasteiger partial charge in [0.2, 0.25) is 0 Å². The fourth-order valence-corrected chi connectivity index (χ4v) is 5.06. The van der Waals surface area contributed by atoms with E-state index in [9.17, 15) is 18.3 Å². The summed E-state index contributed by atoms with van der Waals surface area (Å²) < 4.78 is 30.3. The quantitative estimate of drug-likeness (QED) is 0.304. The fourth-order valence-electron chi connectivity index (χ4n) is 4.00. The molecule has 4 aromatic carbocycles. The van der Waals surface area contributed by atoms with Crippen molar-refractivity contribution < 1.29 is 18.3 Å². The van der Waals surface area contributed by atoms with Crippen LogP contribution in [0.1, 0.15) is 15.9 Å². The smallest absolute Gasteiger partial charge is 0.335 e. The van der Waals surface area contributed by atoms with E-state index in [1.807, 2.05) is 59.3 Å². The Bertz CT molecular complexity index is 1610. The molecule has 1 heterocycles. The van der Waals surface area contributed by atoms with Crippen LogP contribution in [0.2, 0.25) is 0 Å². The summed E-state index contributed by atoms with van der Waals surface area (Å²) in [7, 11) is -3.73. The molecule has 174 valence electrons. The van der Waals surface area contributed by atoms with E-state index >= 15 is 0 Å². The minimum Gasteiger partial charge on any atom is -0.478 e. The second-order valence-corrected chi connectivity index (χ2v) is 9.90. The van der Waals surface area contributed by atoms with Crippen LogP contribution in [0.3, 0.4) is 0 Å². The van der Waals surface area contributed by atoms with E-state index < -0.39 is 16.0 Å². The number of hydrogen-bond acceptors (Lipinski definition) is 3. The lowest BCUT2D eigenvalue weighted by Crippen LogP contribution is -2.12. The van der Waals surface area contributed by atoms with Crippen molar-refractivity contribution in [3.63, 3.8) is 0 Å². The number of fused-ring (bicyclic) bond motifs is 1. The van der Waals surface area contributed by atoms with Gasteiger partial charge in [0.05, 0.1) is 10.5 Å². The lowest BCUT2D eigenvalue weighted by atomic mass is 10.1. The zero-order valence-electron chi connectivity index (χ0n) is 18.6. The number of carboxylic acids is 1. The number of aromatic carboxylic acids is 1. The second-order valence-electron chi connectivity index (χ2n) is 8.22. The first-order chi connectivity index (χ1) is 16.9. The molecule has 0 bridgehead atoms. The van der Waals surface area contributed by atoms with Gasteiger partial charge < -0.3 is 9.67 Å². The molecule has 5 aromatic rings. The number of carboxylic acid groups (broad SMARTS) is 1. The Balaban J connectivity index is 1.31. The lowest BCUT2D eigenvalue weighted by molar-refractivity contribution is 0.0697. The highest BCUT2D eigenvalue weighted by atomic mass is 32.2. The molecule has 2 N–H and O–H groups in total. The summed E-state index contributed by atoms with van der Waals surface area (Å²) in [5, 5.41) is 10.2. The molecule has 0 unspecified atom stereocenters. The van der Waals surface area contributed by atoms with Crippen molar-refractivity contribution in [3.8, 4) is 11.1 Å². The molecule has 0 aliphatic carbocycles. The molecule has 5 rings (SSSR count). The molecular weight excluding hydrogens is 460 g/mol. The molecule has 6 nitrogen and oxygen atoms in total. The Morgan fingerprint density at radius 2 is 1.49 bits per heavy atom. The zero-order valence-corrected chi connectivity index (χ0v) is 19.4. The summed E-state index contributed by atoms with van der Waals surface area (Å²) in [4.78, 5) is 11.5. The standard InChI is InChI=1S/C28H22N2O4S/c31-28(32)24-9-8-23-16-17-30(27(23)18-24)19-20-6-12-25(13-7-20)29-35(33,34)26-14-10-22(11-15-26)21-4-2-1-3-5-21/h1-18,29H,19H2,(H,31,32). The van der Waals surface area contributed by atoms with E-state index in [-0.39, 0.29) is 10.5 Å². The highest BCUT2D eigenvalue weighted by Gasteiger charge is 2.14. The molecule has 0 atom stereocenters. The number of carbonyl (C=O) groups is 1. The summed E-state index contributed by atoms with van der Waals surface area (Å²) >= 11 is 0. The van der Waals surface area contributed by atoms with Crippen LogP contribution in [0.4, 0.5) is 5.69 Å². The maximum Gasteiger partial charge on any atom is 0.335 e. The fraction of sp³-hybridized carbons (Fsp3) is 0.0357. The van der Waals surface area contributed by atoms with E-state index in [0.717, 1.165) is 27.6 Å². The van der Waals surface area contributed by atoms with Gasteiger partial charge in [-0.25, -0.2) is 13.2 Å². The van der Waals surface area contributed by atoms with Gasteiger partial charge in [-0.15, -0.1) is 0 Å². The molecule has 0 spiro atoms. The van der Waals surface area contributed by atoms with Crippen molar-refractivity contribution in [2.24, 2.45) is 0 Å². The Hall–Kier alpha value is -4.36.